The minimum atomic E-state index is 0.108. The summed E-state index contributed by atoms with van der Waals surface area (Å²) in [5, 5.41) is 1.17. The summed E-state index contributed by atoms with van der Waals surface area (Å²) < 4.78 is 0. The van der Waals surface area contributed by atoms with Crippen LogP contribution in [-0.4, -0.2) is 47.0 Å². The first-order chi connectivity index (χ1) is 12.5. The van der Waals surface area contributed by atoms with Crippen molar-refractivity contribution in [3.8, 4) is 0 Å². The molecule has 1 aromatic carbocycles. The molecule has 0 unspecified atom stereocenters. The second kappa shape index (κ2) is 6.68. The fourth-order valence-electron chi connectivity index (χ4n) is 3.45. The lowest BCUT2D eigenvalue weighted by Crippen LogP contribution is -2.49. The van der Waals surface area contributed by atoms with Gasteiger partial charge in [0.2, 0.25) is 0 Å². The van der Waals surface area contributed by atoms with E-state index < -0.39 is 0 Å². The molecule has 1 aliphatic rings. The van der Waals surface area contributed by atoms with Crippen molar-refractivity contribution in [1.29, 1.82) is 0 Å². The third-order valence-electron chi connectivity index (χ3n) is 5.01. The molecule has 1 fully saturated rings. The zero-order valence-corrected chi connectivity index (χ0v) is 16.1. The Morgan fingerprint density at radius 1 is 1.00 bits per heavy atom. The van der Waals surface area contributed by atoms with Crippen molar-refractivity contribution in [3.63, 3.8) is 0 Å². The first-order valence-electron chi connectivity index (χ1n) is 8.88. The summed E-state index contributed by atoms with van der Waals surface area (Å²) in [5.41, 5.74) is 2.02. The van der Waals surface area contributed by atoms with Crippen LogP contribution in [0.25, 0.3) is 10.2 Å². The molecule has 3 heterocycles. The Balaban J connectivity index is 1.57. The molecule has 1 saturated heterocycles. The average Bonchev–Trinajstić information content (AvgIpc) is 2.95. The van der Waals surface area contributed by atoms with Crippen molar-refractivity contribution < 1.29 is 4.79 Å². The third kappa shape index (κ3) is 2.94. The number of carbonyl (C=O) groups is 1. The Bertz CT molecular complexity index is 959. The number of piperazine rings is 1. The van der Waals surface area contributed by atoms with E-state index in [9.17, 15) is 4.79 Å². The molecular weight excluding hydrogens is 344 g/mol. The van der Waals surface area contributed by atoms with E-state index in [1.807, 2.05) is 42.2 Å². The minimum Gasteiger partial charge on any atom is -0.352 e. The van der Waals surface area contributed by atoms with Gasteiger partial charge in [0.25, 0.3) is 5.91 Å². The van der Waals surface area contributed by atoms with Gasteiger partial charge in [-0.05, 0) is 38.5 Å². The maximum atomic E-state index is 12.7. The van der Waals surface area contributed by atoms with Crippen LogP contribution in [0, 0.1) is 20.8 Å². The standard InChI is InChI=1S/C20H22N4OS/c1-13-14(2)26-19-17(13)18(21-15(3)22-19)23-9-11-24(12-10-23)20(25)16-7-5-4-6-8-16/h4-8H,9-12H2,1-3H3. The molecule has 1 aliphatic heterocycles. The fourth-order valence-corrected chi connectivity index (χ4v) is 4.52. The Kier molecular flexibility index (Phi) is 4.36. The van der Waals surface area contributed by atoms with Crippen LogP contribution in [0.1, 0.15) is 26.6 Å². The highest BCUT2D eigenvalue weighted by Crippen LogP contribution is 2.35. The Hall–Kier alpha value is -2.47. The number of hydrogen-bond acceptors (Lipinski definition) is 5. The zero-order chi connectivity index (χ0) is 18.3. The lowest BCUT2D eigenvalue weighted by Gasteiger charge is -2.36. The van der Waals surface area contributed by atoms with Gasteiger partial charge in [-0.1, -0.05) is 18.2 Å². The molecule has 4 rings (SSSR count). The first kappa shape index (κ1) is 17.0. The third-order valence-corrected chi connectivity index (χ3v) is 6.11. The van der Waals surface area contributed by atoms with E-state index in [0.29, 0.717) is 13.1 Å². The summed E-state index contributed by atoms with van der Waals surface area (Å²) >= 11 is 1.73. The molecule has 0 aliphatic carbocycles. The number of carbonyl (C=O) groups excluding carboxylic acids is 1. The van der Waals surface area contributed by atoms with Gasteiger partial charge < -0.3 is 9.80 Å². The average molecular weight is 366 g/mol. The number of benzene rings is 1. The van der Waals surface area contributed by atoms with E-state index in [-0.39, 0.29) is 5.91 Å². The van der Waals surface area contributed by atoms with Gasteiger partial charge in [-0.3, -0.25) is 4.79 Å². The molecule has 134 valence electrons. The molecular formula is C20H22N4OS. The van der Waals surface area contributed by atoms with Crippen molar-refractivity contribution in [3.05, 3.63) is 52.2 Å². The van der Waals surface area contributed by atoms with Gasteiger partial charge in [0.1, 0.15) is 16.5 Å². The fraction of sp³-hybridized carbons (Fsp3) is 0.350. The van der Waals surface area contributed by atoms with Gasteiger partial charge in [-0.25, -0.2) is 9.97 Å². The number of hydrogen-bond donors (Lipinski definition) is 0. The molecule has 0 saturated carbocycles. The Morgan fingerprint density at radius 3 is 2.38 bits per heavy atom. The lowest BCUT2D eigenvalue weighted by atomic mass is 10.1. The van der Waals surface area contributed by atoms with Crippen molar-refractivity contribution in [2.45, 2.75) is 20.8 Å². The lowest BCUT2D eigenvalue weighted by molar-refractivity contribution is 0.0746. The predicted octanol–water partition coefficient (Wildman–Crippen LogP) is 3.58. The van der Waals surface area contributed by atoms with Crippen molar-refractivity contribution in [2.24, 2.45) is 0 Å². The molecule has 0 radical (unpaired) electrons. The molecule has 0 N–H and O–H groups in total. The van der Waals surface area contributed by atoms with Gasteiger partial charge in [0.15, 0.2) is 0 Å². The molecule has 3 aromatic rings. The van der Waals surface area contributed by atoms with Crippen molar-refractivity contribution in [1.82, 2.24) is 14.9 Å². The smallest absolute Gasteiger partial charge is 0.253 e. The van der Waals surface area contributed by atoms with Gasteiger partial charge in [-0.2, -0.15) is 0 Å². The number of nitrogens with zero attached hydrogens (tertiary/aromatic N) is 4. The number of aromatic nitrogens is 2. The van der Waals surface area contributed by atoms with E-state index in [2.05, 4.69) is 23.7 Å². The number of rotatable bonds is 2. The van der Waals surface area contributed by atoms with Crippen LogP contribution >= 0.6 is 11.3 Å². The summed E-state index contributed by atoms with van der Waals surface area (Å²) in [6.45, 7) is 9.23. The van der Waals surface area contributed by atoms with Crippen LogP contribution in [0.15, 0.2) is 30.3 Å². The maximum Gasteiger partial charge on any atom is 0.253 e. The summed E-state index contributed by atoms with van der Waals surface area (Å²) in [6, 6.07) is 9.51. The Labute approximate surface area is 157 Å². The highest BCUT2D eigenvalue weighted by atomic mass is 32.1. The van der Waals surface area contributed by atoms with Crippen molar-refractivity contribution in [2.75, 3.05) is 31.1 Å². The van der Waals surface area contributed by atoms with Crippen LogP contribution < -0.4 is 4.90 Å². The Morgan fingerprint density at radius 2 is 1.69 bits per heavy atom. The largest absolute Gasteiger partial charge is 0.352 e. The number of fused-ring (bicyclic) bond motifs is 1. The summed E-state index contributed by atoms with van der Waals surface area (Å²) in [7, 11) is 0. The monoisotopic (exact) mass is 366 g/mol. The maximum absolute atomic E-state index is 12.7. The number of thiophene rings is 1. The quantitative estimate of drug-likeness (QED) is 0.696. The molecule has 2 aromatic heterocycles. The number of amides is 1. The zero-order valence-electron chi connectivity index (χ0n) is 15.3. The molecule has 0 atom stereocenters. The van der Waals surface area contributed by atoms with Crippen LogP contribution in [-0.2, 0) is 0 Å². The highest BCUT2D eigenvalue weighted by Gasteiger charge is 2.25. The summed E-state index contributed by atoms with van der Waals surface area (Å²) in [4.78, 5) is 28.6. The van der Waals surface area contributed by atoms with Crippen LogP contribution in [0.5, 0.6) is 0 Å². The van der Waals surface area contributed by atoms with E-state index >= 15 is 0 Å². The van der Waals surface area contributed by atoms with Crippen molar-refractivity contribution >= 4 is 33.3 Å². The second-order valence-electron chi connectivity index (χ2n) is 6.70. The number of aryl methyl sites for hydroxylation is 3. The summed E-state index contributed by atoms with van der Waals surface area (Å²) in [6.07, 6.45) is 0. The first-order valence-corrected chi connectivity index (χ1v) is 9.70. The van der Waals surface area contributed by atoms with Gasteiger partial charge in [0, 0.05) is 36.6 Å². The highest BCUT2D eigenvalue weighted by molar-refractivity contribution is 7.18. The van der Waals surface area contributed by atoms with E-state index in [1.165, 1.54) is 15.8 Å². The molecule has 1 amide bonds. The van der Waals surface area contributed by atoms with Crippen LogP contribution in [0.3, 0.4) is 0 Å². The normalized spacial score (nSPS) is 14.9. The van der Waals surface area contributed by atoms with Crippen LogP contribution in [0.2, 0.25) is 0 Å². The molecule has 0 spiro atoms. The van der Waals surface area contributed by atoms with E-state index in [1.54, 1.807) is 11.3 Å². The van der Waals surface area contributed by atoms with Gasteiger partial charge >= 0.3 is 0 Å². The van der Waals surface area contributed by atoms with Gasteiger partial charge in [-0.15, -0.1) is 11.3 Å². The molecule has 0 bridgehead atoms. The molecule has 26 heavy (non-hydrogen) atoms. The topological polar surface area (TPSA) is 49.3 Å². The SMILES string of the molecule is Cc1nc(N2CCN(C(=O)c3ccccc3)CC2)c2c(C)c(C)sc2n1. The van der Waals surface area contributed by atoms with E-state index in [0.717, 1.165) is 35.1 Å². The van der Waals surface area contributed by atoms with Gasteiger partial charge in [0.05, 0.1) is 5.39 Å². The number of anilines is 1. The predicted molar refractivity (Wildman–Crippen MR) is 106 cm³/mol. The van der Waals surface area contributed by atoms with E-state index in [4.69, 9.17) is 4.98 Å². The minimum absolute atomic E-state index is 0.108. The second-order valence-corrected chi connectivity index (χ2v) is 7.91. The molecule has 5 nitrogen and oxygen atoms in total. The molecule has 6 heteroatoms. The summed E-state index contributed by atoms with van der Waals surface area (Å²) in [5.74, 6) is 1.93. The van der Waals surface area contributed by atoms with Crippen LogP contribution in [0.4, 0.5) is 5.82 Å².